The van der Waals surface area contributed by atoms with Crippen molar-refractivity contribution in [3.8, 4) is 5.88 Å². The van der Waals surface area contributed by atoms with Crippen LogP contribution in [0, 0.1) is 13.8 Å². The molecule has 0 aliphatic rings. The van der Waals surface area contributed by atoms with Crippen molar-refractivity contribution in [1.82, 2.24) is 14.4 Å². The Hall–Kier alpha value is -2.11. The number of imidazole rings is 1. The number of carboxylic acid groups (broad SMARTS) is 1. The average Bonchev–Trinajstić information content (AvgIpc) is 2.54. The molecule has 0 amide bonds. The molecule has 0 aliphatic heterocycles. The Balaban J connectivity index is 2.82. The summed E-state index contributed by atoms with van der Waals surface area (Å²) in [5, 5.41) is 9.17. The number of fused-ring (bicyclic) bond motifs is 1. The van der Waals surface area contributed by atoms with E-state index < -0.39 is 5.97 Å². The van der Waals surface area contributed by atoms with Gasteiger partial charge in [-0.05, 0) is 20.8 Å². The van der Waals surface area contributed by atoms with Crippen LogP contribution in [-0.2, 0) is 0 Å². The van der Waals surface area contributed by atoms with Crippen LogP contribution in [0.1, 0.15) is 28.8 Å². The maximum atomic E-state index is 11.2. The van der Waals surface area contributed by atoms with Crippen LogP contribution in [0.25, 0.3) is 5.78 Å². The van der Waals surface area contributed by atoms with Crippen molar-refractivity contribution in [3.63, 3.8) is 0 Å². The minimum Gasteiger partial charge on any atom is -0.479 e. The molecule has 1 N–H and O–H groups in total. The van der Waals surface area contributed by atoms with Crippen molar-refractivity contribution in [2.75, 3.05) is 6.61 Å². The van der Waals surface area contributed by atoms with Gasteiger partial charge in [-0.2, -0.15) is 0 Å². The normalized spacial score (nSPS) is 10.8. The molecule has 90 valence electrons. The van der Waals surface area contributed by atoms with Crippen LogP contribution in [0.2, 0.25) is 0 Å². The minimum atomic E-state index is -1.04. The lowest BCUT2D eigenvalue weighted by atomic mass is 10.3. The molecule has 0 spiro atoms. The third-order valence-electron chi connectivity index (χ3n) is 2.36. The molecule has 0 aliphatic carbocycles. The highest BCUT2D eigenvalue weighted by atomic mass is 16.5. The standard InChI is InChI=1S/C11H13N3O3/c1-4-17-8-5-6(2)12-11-13-7(3)9(10(15)16)14(8)11/h5H,4H2,1-3H3,(H,15,16). The van der Waals surface area contributed by atoms with E-state index in [9.17, 15) is 9.90 Å². The molecule has 0 radical (unpaired) electrons. The van der Waals surface area contributed by atoms with Gasteiger partial charge in [0.05, 0.1) is 12.3 Å². The van der Waals surface area contributed by atoms with Crippen molar-refractivity contribution < 1.29 is 14.6 Å². The Morgan fingerprint density at radius 1 is 1.47 bits per heavy atom. The molecule has 0 saturated carbocycles. The summed E-state index contributed by atoms with van der Waals surface area (Å²) in [5.41, 5.74) is 1.26. The SMILES string of the molecule is CCOc1cc(C)nc2nc(C)c(C(=O)O)n12. The van der Waals surface area contributed by atoms with E-state index in [0.717, 1.165) is 5.69 Å². The van der Waals surface area contributed by atoms with Crippen molar-refractivity contribution in [1.29, 1.82) is 0 Å². The Bertz CT molecular complexity index is 589. The molecule has 2 aromatic heterocycles. The fourth-order valence-corrected chi connectivity index (χ4v) is 1.74. The van der Waals surface area contributed by atoms with Crippen molar-refractivity contribution in [2.45, 2.75) is 20.8 Å². The summed E-state index contributed by atoms with van der Waals surface area (Å²) < 4.78 is 6.85. The van der Waals surface area contributed by atoms with Gasteiger partial charge in [0.1, 0.15) is 0 Å². The van der Waals surface area contributed by atoms with Crippen molar-refractivity contribution >= 4 is 11.7 Å². The summed E-state index contributed by atoms with van der Waals surface area (Å²) in [4.78, 5) is 19.5. The molecular formula is C11H13N3O3. The van der Waals surface area contributed by atoms with Gasteiger partial charge in [0.2, 0.25) is 11.7 Å². The number of aromatic carboxylic acids is 1. The van der Waals surface area contributed by atoms with Crippen LogP contribution in [0.4, 0.5) is 0 Å². The van der Waals surface area contributed by atoms with Crippen LogP contribution in [0.15, 0.2) is 6.07 Å². The first-order valence-electron chi connectivity index (χ1n) is 5.27. The summed E-state index contributed by atoms with van der Waals surface area (Å²) in [6, 6.07) is 1.70. The fraction of sp³-hybridized carbons (Fsp3) is 0.364. The number of nitrogens with zero attached hydrogens (tertiary/aromatic N) is 3. The van der Waals surface area contributed by atoms with Crippen LogP contribution >= 0.6 is 0 Å². The number of ether oxygens (including phenoxy) is 1. The average molecular weight is 235 g/mol. The summed E-state index contributed by atoms with van der Waals surface area (Å²) in [6.07, 6.45) is 0. The quantitative estimate of drug-likeness (QED) is 0.871. The summed E-state index contributed by atoms with van der Waals surface area (Å²) in [6.45, 7) is 5.75. The Morgan fingerprint density at radius 2 is 2.18 bits per heavy atom. The second-order valence-corrected chi connectivity index (χ2v) is 3.66. The first-order valence-corrected chi connectivity index (χ1v) is 5.27. The van der Waals surface area contributed by atoms with Gasteiger partial charge in [0.25, 0.3) is 0 Å². The molecule has 6 nitrogen and oxygen atoms in total. The van der Waals surface area contributed by atoms with E-state index in [1.807, 2.05) is 13.8 Å². The molecule has 0 atom stereocenters. The van der Waals surface area contributed by atoms with Gasteiger partial charge in [-0.25, -0.2) is 19.2 Å². The lowest BCUT2D eigenvalue weighted by Crippen LogP contribution is -2.08. The van der Waals surface area contributed by atoms with Crippen molar-refractivity contribution in [2.24, 2.45) is 0 Å². The smallest absolute Gasteiger partial charge is 0.354 e. The number of carbonyl (C=O) groups is 1. The molecular weight excluding hydrogens is 222 g/mol. The monoisotopic (exact) mass is 235 g/mol. The Labute approximate surface area is 97.9 Å². The van der Waals surface area contributed by atoms with E-state index in [1.165, 1.54) is 4.40 Å². The molecule has 0 saturated heterocycles. The maximum Gasteiger partial charge on any atom is 0.354 e. The number of aromatic nitrogens is 3. The number of hydrogen-bond donors (Lipinski definition) is 1. The first-order chi connectivity index (χ1) is 8.04. The van der Waals surface area contributed by atoms with E-state index >= 15 is 0 Å². The predicted molar refractivity (Wildman–Crippen MR) is 60.6 cm³/mol. The number of carboxylic acids is 1. The zero-order valence-electron chi connectivity index (χ0n) is 9.89. The molecule has 2 aromatic rings. The zero-order valence-corrected chi connectivity index (χ0v) is 9.89. The molecule has 0 bridgehead atoms. The zero-order chi connectivity index (χ0) is 12.6. The second-order valence-electron chi connectivity index (χ2n) is 3.66. The lowest BCUT2D eigenvalue weighted by molar-refractivity contribution is 0.0687. The third kappa shape index (κ3) is 1.82. The van der Waals surface area contributed by atoms with Gasteiger partial charge in [-0.3, -0.25) is 0 Å². The number of aryl methyl sites for hydroxylation is 2. The van der Waals surface area contributed by atoms with Gasteiger partial charge in [-0.15, -0.1) is 0 Å². The third-order valence-corrected chi connectivity index (χ3v) is 2.36. The number of rotatable bonds is 3. The molecule has 0 fully saturated rings. The van der Waals surface area contributed by atoms with E-state index in [4.69, 9.17) is 4.74 Å². The largest absolute Gasteiger partial charge is 0.479 e. The van der Waals surface area contributed by atoms with Gasteiger partial charge in [-0.1, -0.05) is 0 Å². The highest BCUT2D eigenvalue weighted by molar-refractivity contribution is 5.88. The number of hydrogen-bond acceptors (Lipinski definition) is 4. The summed E-state index contributed by atoms with van der Waals surface area (Å²) in [7, 11) is 0. The van der Waals surface area contributed by atoms with E-state index in [1.54, 1.807) is 13.0 Å². The molecule has 17 heavy (non-hydrogen) atoms. The second kappa shape index (κ2) is 4.04. The molecule has 2 heterocycles. The maximum absolute atomic E-state index is 11.2. The topological polar surface area (TPSA) is 76.7 Å². The molecule has 0 aromatic carbocycles. The van der Waals surface area contributed by atoms with Crippen LogP contribution in [-0.4, -0.2) is 32.1 Å². The first kappa shape index (κ1) is 11.4. The minimum absolute atomic E-state index is 0.0935. The summed E-state index contributed by atoms with van der Waals surface area (Å²) in [5.74, 6) is -0.238. The van der Waals surface area contributed by atoms with E-state index in [-0.39, 0.29) is 5.69 Å². The van der Waals surface area contributed by atoms with Gasteiger partial charge >= 0.3 is 5.97 Å². The fourth-order valence-electron chi connectivity index (χ4n) is 1.74. The van der Waals surface area contributed by atoms with Crippen molar-refractivity contribution in [3.05, 3.63) is 23.1 Å². The van der Waals surface area contributed by atoms with E-state index in [0.29, 0.717) is 24.0 Å². The highest BCUT2D eigenvalue weighted by Crippen LogP contribution is 2.20. The summed E-state index contributed by atoms with van der Waals surface area (Å²) >= 11 is 0. The molecule has 6 heteroatoms. The van der Waals surface area contributed by atoms with Gasteiger partial charge < -0.3 is 9.84 Å². The van der Waals surface area contributed by atoms with Crippen LogP contribution in [0.5, 0.6) is 5.88 Å². The van der Waals surface area contributed by atoms with Crippen LogP contribution in [0.3, 0.4) is 0 Å². The van der Waals surface area contributed by atoms with Gasteiger partial charge in [0.15, 0.2) is 5.69 Å². The highest BCUT2D eigenvalue weighted by Gasteiger charge is 2.19. The molecule has 2 rings (SSSR count). The van der Waals surface area contributed by atoms with Gasteiger partial charge in [0, 0.05) is 11.8 Å². The predicted octanol–water partition coefficient (Wildman–Crippen LogP) is 1.44. The van der Waals surface area contributed by atoms with E-state index in [2.05, 4.69) is 9.97 Å². The Kier molecular flexibility index (Phi) is 2.71. The van der Waals surface area contributed by atoms with Crippen LogP contribution < -0.4 is 4.74 Å². The lowest BCUT2D eigenvalue weighted by Gasteiger charge is -2.08. The Morgan fingerprint density at radius 3 is 2.76 bits per heavy atom. The molecule has 0 unspecified atom stereocenters.